The molecular weight excluding hydrogens is 604 g/mol. The topological polar surface area (TPSA) is 104 Å². The third-order valence-corrected chi connectivity index (χ3v) is 10.5. The highest BCUT2D eigenvalue weighted by atomic mass is 35.5. The molecule has 236 valence electrons. The molecule has 9 heteroatoms. The first-order valence-electron chi connectivity index (χ1n) is 15.9. The molecule has 4 aliphatic rings. The number of imide groups is 2. The lowest BCUT2D eigenvalue weighted by atomic mass is 9.49. The summed E-state index contributed by atoms with van der Waals surface area (Å²) in [5.74, 6) is -3.33. The van der Waals surface area contributed by atoms with Crippen molar-refractivity contribution in [2.75, 3.05) is 24.7 Å². The molecule has 2 saturated heterocycles. The van der Waals surface area contributed by atoms with Gasteiger partial charge in [-0.2, -0.15) is 0 Å². The smallest absolute Gasteiger partial charge is 0.246 e. The fourth-order valence-corrected chi connectivity index (χ4v) is 8.73. The number of rotatable bonds is 8. The van der Waals surface area contributed by atoms with Crippen molar-refractivity contribution in [1.82, 2.24) is 4.90 Å². The summed E-state index contributed by atoms with van der Waals surface area (Å²) >= 11 is 6.37. The number of allylic oxidation sites excluding steroid dienone is 2. The number of anilines is 1. The van der Waals surface area contributed by atoms with Crippen molar-refractivity contribution in [1.29, 1.82) is 0 Å². The third kappa shape index (κ3) is 4.45. The van der Waals surface area contributed by atoms with Gasteiger partial charge in [0.15, 0.2) is 0 Å². The minimum absolute atomic E-state index is 0.127. The SMILES string of the molecule is CCCN1C(=O)[C@H]2[C@H](CC=C3[C@H]2C[C@H]2C(=O)N(c4cccc(Cl)c4)C(=O)[C@@]2(c2ccccc2)[C@H]3c2ccc(OCCO)cc2)C1=O. The van der Waals surface area contributed by atoms with E-state index in [1.165, 1.54) is 9.80 Å². The Bertz CT molecular complexity index is 1740. The number of fused-ring (bicyclic) bond motifs is 4. The van der Waals surface area contributed by atoms with Gasteiger partial charge in [0.1, 0.15) is 12.4 Å². The molecular formula is C37H35ClN2O6. The van der Waals surface area contributed by atoms with E-state index in [0.29, 0.717) is 35.8 Å². The summed E-state index contributed by atoms with van der Waals surface area (Å²) in [4.78, 5) is 60.0. The molecule has 0 radical (unpaired) electrons. The number of carbonyl (C=O) groups excluding carboxylic acids is 4. The summed E-state index contributed by atoms with van der Waals surface area (Å²) in [5.41, 5.74) is 1.51. The molecule has 2 aliphatic heterocycles. The summed E-state index contributed by atoms with van der Waals surface area (Å²) in [6.07, 6.45) is 3.38. The number of ether oxygens (including phenoxy) is 1. The largest absolute Gasteiger partial charge is 0.491 e. The lowest BCUT2D eigenvalue weighted by molar-refractivity contribution is -0.140. The van der Waals surface area contributed by atoms with Gasteiger partial charge in [-0.15, -0.1) is 0 Å². The Labute approximate surface area is 272 Å². The number of likely N-dealkylation sites (tertiary alicyclic amines) is 1. The summed E-state index contributed by atoms with van der Waals surface area (Å²) in [6.45, 7) is 2.32. The second-order valence-electron chi connectivity index (χ2n) is 12.6. The lowest BCUT2D eigenvalue weighted by Gasteiger charge is -2.50. The molecule has 1 N–H and O–H groups in total. The normalized spacial score (nSPS) is 28.6. The fraction of sp³-hybridized carbons (Fsp3) is 0.351. The van der Waals surface area contributed by atoms with E-state index in [9.17, 15) is 19.5 Å². The standard InChI is InChI=1S/C37H35ClN2O6/c1-2-17-39-33(42)28-16-15-27-29(31(28)35(39)44)21-30-34(43)40(25-10-6-9-24(38)20-25)36(45)37(30,23-7-4-3-5-8-23)32(27)22-11-13-26(14-12-22)46-19-18-41/h3-15,20,28-32,41H,2,16-19,21H2,1H3/t28-,29+,30-,31-,32-,37+/m0/s1. The second-order valence-corrected chi connectivity index (χ2v) is 13.0. The predicted molar refractivity (Wildman–Crippen MR) is 172 cm³/mol. The van der Waals surface area contributed by atoms with E-state index in [1.54, 1.807) is 36.4 Å². The first-order chi connectivity index (χ1) is 22.3. The zero-order valence-corrected chi connectivity index (χ0v) is 26.2. The van der Waals surface area contributed by atoms with Gasteiger partial charge in [-0.1, -0.05) is 78.7 Å². The Morgan fingerprint density at radius 2 is 1.67 bits per heavy atom. The molecule has 0 unspecified atom stereocenters. The Kier molecular flexibility index (Phi) is 7.81. The summed E-state index contributed by atoms with van der Waals surface area (Å²) in [6, 6.07) is 23.6. The monoisotopic (exact) mass is 638 g/mol. The molecule has 1 saturated carbocycles. The minimum Gasteiger partial charge on any atom is -0.491 e. The number of benzene rings is 3. The molecule has 4 amide bonds. The van der Waals surface area contributed by atoms with Gasteiger partial charge in [0.2, 0.25) is 23.6 Å². The zero-order chi connectivity index (χ0) is 32.2. The molecule has 3 aromatic carbocycles. The molecule has 0 aromatic heterocycles. The van der Waals surface area contributed by atoms with E-state index in [4.69, 9.17) is 16.3 Å². The molecule has 2 aliphatic carbocycles. The van der Waals surface area contributed by atoms with Crippen LogP contribution in [0, 0.1) is 23.7 Å². The third-order valence-electron chi connectivity index (χ3n) is 10.3. The van der Waals surface area contributed by atoms with Crippen LogP contribution in [0.15, 0.2) is 90.5 Å². The first-order valence-corrected chi connectivity index (χ1v) is 16.3. The van der Waals surface area contributed by atoms with E-state index < -0.39 is 35.0 Å². The highest BCUT2D eigenvalue weighted by Crippen LogP contribution is 2.64. The van der Waals surface area contributed by atoms with Crippen LogP contribution in [0.1, 0.15) is 43.2 Å². The van der Waals surface area contributed by atoms with Gasteiger partial charge in [-0.25, -0.2) is 4.90 Å². The number of hydrogen-bond acceptors (Lipinski definition) is 6. The quantitative estimate of drug-likeness (QED) is 0.266. The average molecular weight is 639 g/mol. The Morgan fingerprint density at radius 3 is 2.37 bits per heavy atom. The van der Waals surface area contributed by atoms with Crippen molar-refractivity contribution in [3.63, 3.8) is 0 Å². The minimum atomic E-state index is -1.32. The van der Waals surface area contributed by atoms with Crippen LogP contribution in [0.3, 0.4) is 0 Å². The maximum absolute atomic E-state index is 15.2. The molecule has 8 nitrogen and oxygen atoms in total. The van der Waals surface area contributed by atoms with Crippen molar-refractivity contribution in [2.45, 2.75) is 37.5 Å². The van der Waals surface area contributed by atoms with Gasteiger partial charge in [-0.3, -0.25) is 24.1 Å². The van der Waals surface area contributed by atoms with Crippen LogP contribution in [-0.2, 0) is 24.6 Å². The molecule has 46 heavy (non-hydrogen) atoms. The number of nitrogens with zero attached hydrogens (tertiary/aromatic N) is 2. The van der Waals surface area contributed by atoms with Crippen LogP contribution in [0.25, 0.3) is 0 Å². The highest BCUT2D eigenvalue weighted by molar-refractivity contribution is 6.32. The van der Waals surface area contributed by atoms with Crippen LogP contribution in [0.2, 0.25) is 5.02 Å². The first kappa shape index (κ1) is 30.4. The number of carbonyl (C=O) groups is 4. The maximum Gasteiger partial charge on any atom is 0.246 e. The lowest BCUT2D eigenvalue weighted by Crippen LogP contribution is -2.53. The molecule has 7 rings (SSSR count). The van der Waals surface area contributed by atoms with Crippen molar-refractivity contribution >= 4 is 40.9 Å². The van der Waals surface area contributed by atoms with Crippen molar-refractivity contribution in [3.8, 4) is 5.75 Å². The van der Waals surface area contributed by atoms with Gasteiger partial charge in [0.25, 0.3) is 0 Å². The predicted octanol–water partition coefficient (Wildman–Crippen LogP) is 5.28. The molecule has 3 aromatic rings. The number of halogens is 1. The van der Waals surface area contributed by atoms with Gasteiger partial charge in [-0.05, 0) is 66.6 Å². The van der Waals surface area contributed by atoms with Crippen LogP contribution >= 0.6 is 11.6 Å². The number of aliphatic hydroxyl groups excluding tert-OH is 1. The molecule has 2 heterocycles. The van der Waals surface area contributed by atoms with Crippen LogP contribution in [-0.4, -0.2) is 53.4 Å². The fourth-order valence-electron chi connectivity index (χ4n) is 8.55. The van der Waals surface area contributed by atoms with Gasteiger partial charge in [0.05, 0.1) is 35.5 Å². The zero-order valence-electron chi connectivity index (χ0n) is 25.5. The van der Waals surface area contributed by atoms with E-state index in [-0.39, 0.29) is 43.3 Å². The molecule has 0 spiro atoms. The molecule has 3 fully saturated rings. The Balaban J connectivity index is 1.45. The number of aliphatic hydroxyl groups is 1. The van der Waals surface area contributed by atoms with Crippen LogP contribution < -0.4 is 9.64 Å². The summed E-state index contributed by atoms with van der Waals surface area (Å²) < 4.78 is 5.65. The summed E-state index contributed by atoms with van der Waals surface area (Å²) in [5, 5.41) is 9.67. The van der Waals surface area contributed by atoms with Crippen molar-refractivity contribution in [2.24, 2.45) is 23.7 Å². The van der Waals surface area contributed by atoms with Crippen LogP contribution in [0.4, 0.5) is 5.69 Å². The number of hydrogen-bond donors (Lipinski definition) is 1. The van der Waals surface area contributed by atoms with Gasteiger partial charge < -0.3 is 9.84 Å². The van der Waals surface area contributed by atoms with E-state index in [2.05, 4.69) is 6.08 Å². The molecule has 0 bridgehead atoms. The van der Waals surface area contributed by atoms with E-state index in [0.717, 1.165) is 16.7 Å². The van der Waals surface area contributed by atoms with Crippen LogP contribution in [0.5, 0.6) is 5.75 Å². The number of amides is 4. The van der Waals surface area contributed by atoms with Crippen molar-refractivity contribution in [3.05, 3.63) is 107 Å². The second kappa shape index (κ2) is 11.8. The van der Waals surface area contributed by atoms with Gasteiger partial charge >= 0.3 is 0 Å². The van der Waals surface area contributed by atoms with Gasteiger partial charge in [0, 0.05) is 17.5 Å². The highest BCUT2D eigenvalue weighted by Gasteiger charge is 2.70. The average Bonchev–Trinajstić information content (AvgIpc) is 3.45. The van der Waals surface area contributed by atoms with E-state index >= 15 is 4.79 Å². The summed E-state index contributed by atoms with van der Waals surface area (Å²) in [7, 11) is 0. The van der Waals surface area contributed by atoms with Crippen molar-refractivity contribution < 1.29 is 29.0 Å². The van der Waals surface area contributed by atoms with E-state index in [1.807, 2.05) is 49.4 Å². The Hall–Kier alpha value is -4.27. The Morgan fingerprint density at radius 1 is 0.913 bits per heavy atom. The maximum atomic E-state index is 15.2. The molecule has 6 atom stereocenters.